The number of nitrogens with zero attached hydrogens (tertiary/aromatic N) is 2. The topological polar surface area (TPSA) is 114 Å². The van der Waals surface area contributed by atoms with Gasteiger partial charge in [0.25, 0.3) is 5.56 Å². The molecule has 0 aromatic carbocycles. The number of aromatic nitrogens is 3. The second-order valence-corrected chi connectivity index (χ2v) is 3.96. The molecule has 1 aromatic rings. The van der Waals surface area contributed by atoms with E-state index >= 15 is 0 Å². The number of rotatable bonds is 4. The van der Waals surface area contributed by atoms with Gasteiger partial charge in [0.2, 0.25) is 11.9 Å². The van der Waals surface area contributed by atoms with Gasteiger partial charge in [-0.25, -0.2) is 0 Å². The Kier molecular flexibility index (Phi) is 4.19. The Morgan fingerprint density at radius 1 is 1.47 bits per heavy atom. The molecule has 7 nitrogen and oxygen atoms in total. The molecule has 0 aliphatic carbocycles. The molecule has 1 aromatic heterocycles. The summed E-state index contributed by atoms with van der Waals surface area (Å²) in [5, 5.41) is 9.94. The lowest BCUT2D eigenvalue weighted by atomic mass is 10.1. The first-order valence-electron chi connectivity index (χ1n) is 5.48. The summed E-state index contributed by atoms with van der Waals surface area (Å²) >= 11 is 0. The summed E-state index contributed by atoms with van der Waals surface area (Å²) in [6.45, 7) is 5.42. The molecule has 0 saturated carbocycles. The molecule has 0 aliphatic heterocycles. The predicted octanol–water partition coefficient (Wildman–Crippen LogP) is -0.0296. The van der Waals surface area contributed by atoms with Gasteiger partial charge >= 0.3 is 0 Å². The molecular formula is C10H17N5O2. The number of anilines is 1. The van der Waals surface area contributed by atoms with Gasteiger partial charge in [0.15, 0.2) is 5.69 Å². The van der Waals surface area contributed by atoms with Crippen LogP contribution in [0.3, 0.4) is 0 Å². The van der Waals surface area contributed by atoms with Crippen LogP contribution in [0.25, 0.3) is 0 Å². The lowest BCUT2D eigenvalue weighted by Gasteiger charge is -2.15. The Morgan fingerprint density at radius 2 is 2.12 bits per heavy atom. The third-order valence-corrected chi connectivity index (χ3v) is 2.57. The summed E-state index contributed by atoms with van der Waals surface area (Å²) in [6, 6.07) is -0.492. The highest BCUT2D eigenvalue weighted by molar-refractivity contribution is 5.78. The van der Waals surface area contributed by atoms with E-state index in [0.717, 1.165) is 6.42 Å². The second kappa shape index (κ2) is 5.42. The minimum atomic E-state index is -0.492. The van der Waals surface area contributed by atoms with Gasteiger partial charge in [-0.2, -0.15) is 0 Å². The first kappa shape index (κ1) is 13.1. The van der Waals surface area contributed by atoms with Crippen LogP contribution in [0.4, 0.5) is 5.95 Å². The normalized spacial score (nSPS) is 14.1. The van der Waals surface area contributed by atoms with Gasteiger partial charge in [0.05, 0.1) is 6.04 Å². The number of carbonyl (C=O) groups excluding carboxylic acids is 1. The average Bonchev–Trinajstić information content (AvgIpc) is 2.27. The van der Waals surface area contributed by atoms with E-state index in [1.807, 2.05) is 13.8 Å². The van der Waals surface area contributed by atoms with E-state index in [9.17, 15) is 9.59 Å². The average molecular weight is 239 g/mol. The van der Waals surface area contributed by atoms with Crippen LogP contribution in [0.2, 0.25) is 0 Å². The van der Waals surface area contributed by atoms with E-state index in [1.54, 1.807) is 6.92 Å². The number of nitrogens with two attached hydrogens (primary N) is 1. The highest BCUT2D eigenvalue weighted by Gasteiger charge is 2.18. The third-order valence-electron chi connectivity index (χ3n) is 2.57. The molecule has 0 radical (unpaired) electrons. The maximum Gasteiger partial charge on any atom is 0.276 e. The largest absolute Gasteiger partial charge is 0.368 e. The van der Waals surface area contributed by atoms with Crippen molar-refractivity contribution >= 4 is 11.9 Å². The number of H-pyrrole nitrogens is 1. The summed E-state index contributed by atoms with van der Waals surface area (Å²) in [6.07, 6.45) is 0.738. The van der Waals surface area contributed by atoms with Crippen molar-refractivity contribution in [3.05, 3.63) is 16.0 Å². The number of hydrogen-bond donors (Lipinski definition) is 3. The zero-order valence-electron chi connectivity index (χ0n) is 10.2. The minimum absolute atomic E-state index is 0.0424. The maximum atomic E-state index is 11.6. The Balaban J connectivity index is 2.80. The zero-order valence-corrected chi connectivity index (χ0v) is 10.2. The fourth-order valence-electron chi connectivity index (χ4n) is 1.25. The zero-order chi connectivity index (χ0) is 13.0. The Hall–Kier alpha value is -1.92. The Bertz CT molecular complexity index is 456. The number of nitrogen functional groups attached to an aromatic ring is 1. The smallest absolute Gasteiger partial charge is 0.276 e. The third kappa shape index (κ3) is 3.27. The molecule has 0 aliphatic rings. The van der Waals surface area contributed by atoms with Gasteiger partial charge in [-0.3, -0.25) is 14.6 Å². The van der Waals surface area contributed by atoms with Gasteiger partial charge in [-0.15, -0.1) is 10.2 Å². The molecule has 94 valence electrons. The molecule has 2 unspecified atom stereocenters. The molecule has 2 atom stereocenters. The van der Waals surface area contributed by atoms with E-state index in [4.69, 9.17) is 5.73 Å². The molecule has 0 bridgehead atoms. The van der Waals surface area contributed by atoms with Crippen LogP contribution < -0.4 is 16.6 Å². The summed E-state index contributed by atoms with van der Waals surface area (Å²) < 4.78 is 0. The molecule has 1 amide bonds. The van der Waals surface area contributed by atoms with Crippen molar-refractivity contribution in [2.75, 3.05) is 5.73 Å². The minimum Gasteiger partial charge on any atom is -0.368 e. The Labute approximate surface area is 98.8 Å². The van der Waals surface area contributed by atoms with Gasteiger partial charge in [-0.05, 0) is 13.3 Å². The van der Waals surface area contributed by atoms with E-state index < -0.39 is 11.6 Å². The van der Waals surface area contributed by atoms with Crippen molar-refractivity contribution < 1.29 is 4.79 Å². The monoisotopic (exact) mass is 239 g/mol. The first-order valence-corrected chi connectivity index (χ1v) is 5.48. The van der Waals surface area contributed by atoms with Crippen LogP contribution in [0.15, 0.2) is 4.79 Å². The van der Waals surface area contributed by atoms with Gasteiger partial charge in [0, 0.05) is 5.92 Å². The highest BCUT2D eigenvalue weighted by atomic mass is 16.2. The van der Waals surface area contributed by atoms with Crippen molar-refractivity contribution in [1.82, 2.24) is 20.5 Å². The SMILES string of the molecule is CCC(C)C(=O)NC(C)c1nnc(N)[nH]c1=O. The van der Waals surface area contributed by atoms with Gasteiger partial charge in [0.1, 0.15) is 0 Å². The summed E-state index contributed by atoms with van der Waals surface area (Å²) in [4.78, 5) is 25.5. The molecule has 0 spiro atoms. The lowest BCUT2D eigenvalue weighted by Crippen LogP contribution is -2.35. The molecular weight excluding hydrogens is 222 g/mol. The molecule has 4 N–H and O–H groups in total. The number of carbonyl (C=O) groups is 1. The van der Waals surface area contributed by atoms with Crippen molar-refractivity contribution in [2.45, 2.75) is 33.2 Å². The van der Waals surface area contributed by atoms with E-state index in [0.29, 0.717) is 0 Å². The van der Waals surface area contributed by atoms with Crippen molar-refractivity contribution in [1.29, 1.82) is 0 Å². The number of aromatic amines is 1. The second-order valence-electron chi connectivity index (χ2n) is 3.96. The van der Waals surface area contributed by atoms with Gasteiger partial charge in [-0.1, -0.05) is 13.8 Å². The van der Waals surface area contributed by atoms with Crippen molar-refractivity contribution in [3.63, 3.8) is 0 Å². The van der Waals surface area contributed by atoms with Crippen LogP contribution in [0, 0.1) is 5.92 Å². The van der Waals surface area contributed by atoms with E-state index in [1.165, 1.54) is 0 Å². The number of hydrogen-bond acceptors (Lipinski definition) is 5. The Morgan fingerprint density at radius 3 is 2.65 bits per heavy atom. The fraction of sp³-hybridized carbons (Fsp3) is 0.600. The lowest BCUT2D eigenvalue weighted by molar-refractivity contribution is -0.125. The van der Waals surface area contributed by atoms with Crippen LogP contribution in [0.5, 0.6) is 0 Å². The molecule has 0 saturated heterocycles. The molecule has 7 heteroatoms. The van der Waals surface area contributed by atoms with Crippen molar-refractivity contribution in [2.24, 2.45) is 5.92 Å². The van der Waals surface area contributed by atoms with Crippen LogP contribution in [0.1, 0.15) is 38.9 Å². The maximum absolute atomic E-state index is 11.6. The summed E-state index contributed by atoms with van der Waals surface area (Å²) in [7, 11) is 0. The number of nitrogens with one attached hydrogen (secondary N) is 2. The molecule has 0 fully saturated rings. The molecule has 17 heavy (non-hydrogen) atoms. The van der Waals surface area contributed by atoms with Crippen LogP contribution in [-0.2, 0) is 4.79 Å². The van der Waals surface area contributed by atoms with Crippen LogP contribution in [-0.4, -0.2) is 21.1 Å². The predicted molar refractivity (Wildman–Crippen MR) is 63.1 cm³/mol. The van der Waals surface area contributed by atoms with Crippen molar-refractivity contribution in [3.8, 4) is 0 Å². The molecule has 1 rings (SSSR count). The standard InChI is InChI=1S/C10H17N5O2/c1-4-5(2)8(16)12-6(3)7-9(17)13-10(11)15-14-7/h5-6H,4H2,1-3H3,(H,12,16)(H3,11,13,15,17). The van der Waals surface area contributed by atoms with E-state index in [2.05, 4.69) is 20.5 Å². The quantitative estimate of drug-likeness (QED) is 0.682. The summed E-state index contributed by atoms with van der Waals surface area (Å²) in [5.74, 6) is -0.254. The molecule has 1 heterocycles. The number of amides is 1. The van der Waals surface area contributed by atoms with Crippen LogP contribution >= 0.6 is 0 Å². The summed E-state index contributed by atoms with van der Waals surface area (Å²) in [5.41, 5.74) is 5.00. The first-order chi connectivity index (χ1) is 7.95. The van der Waals surface area contributed by atoms with Gasteiger partial charge < -0.3 is 11.1 Å². The fourth-order valence-corrected chi connectivity index (χ4v) is 1.25. The highest BCUT2D eigenvalue weighted by Crippen LogP contribution is 2.07. The van der Waals surface area contributed by atoms with E-state index in [-0.39, 0.29) is 23.5 Å².